The molecule has 1 aromatic carbocycles. The van der Waals surface area contributed by atoms with E-state index in [-0.39, 0.29) is 12.6 Å². The number of aliphatic imine (C=N–C) groups is 1. The SMILES string of the molecule is C=N/C=C(F)\C=C(/C)c1nc(NCCc2c[nH]c3ccccc23)c2ncn([C@@H](C)CO)c2n1. The van der Waals surface area contributed by atoms with Crippen molar-refractivity contribution in [3.63, 3.8) is 0 Å². The Balaban J connectivity index is 1.67. The summed E-state index contributed by atoms with van der Waals surface area (Å²) in [5, 5.41) is 14.2. The van der Waals surface area contributed by atoms with Crippen molar-refractivity contribution in [3.05, 3.63) is 66.3 Å². The fourth-order valence-corrected chi connectivity index (χ4v) is 3.68. The number of allylic oxidation sites excluding steroid dienone is 3. The van der Waals surface area contributed by atoms with Crippen LogP contribution in [0.15, 0.2) is 59.9 Å². The Hall–Kier alpha value is -3.85. The van der Waals surface area contributed by atoms with Crippen LogP contribution in [0.25, 0.3) is 27.6 Å². The zero-order chi connectivity index (χ0) is 23.4. The Kier molecular flexibility index (Phi) is 6.60. The number of rotatable bonds is 9. The minimum absolute atomic E-state index is 0.0642. The molecule has 1 atom stereocenters. The number of nitrogens with one attached hydrogen (secondary N) is 2. The van der Waals surface area contributed by atoms with E-state index in [0.717, 1.165) is 18.1 Å². The molecule has 0 aliphatic carbocycles. The highest BCUT2D eigenvalue weighted by Gasteiger charge is 2.17. The molecule has 0 saturated carbocycles. The normalized spacial score (nSPS) is 13.6. The van der Waals surface area contributed by atoms with Gasteiger partial charge in [0.2, 0.25) is 0 Å². The Morgan fingerprint density at radius 2 is 2.18 bits per heavy atom. The zero-order valence-corrected chi connectivity index (χ0v) is 18.6. The number of aromatic amines is 1. The molecule has 3 aromatic heterocycles. The van der Waals surface area contributed by atoms with Crippen LogP contribution in [0.4, 0.5) is 10.2 Å². The number of aliphatic hydroxyl groups is 1. The van der Waals surface area contributed by atoms with Gasteiger partial charge in [-0.1, -0.05) is 18.2 Å². The Labute approximate surface area is 190 Å². The van der Waals surface area contributed by atoms with Gasteiger partial charge in [-0.05, 0) is 50.3 Å². The van der Waals surface area contributed by atoms with Gasteiger partial charge in [-0.15, -0.1) is 0 Å². The molecule has 0 aliphatic heterocycles. The van der Waals surface area contributed by atoms with Gasteiger partial charge in [-0.25, -0.2) is 19.3 Å². The molecule has 4 rings (SSSR count). The number of nitrogens with zero attached hydrogens (tertiary/aromatic N) is 5. The summed E-state index contributed by atoms with van der Waals surface area (Å²) in [6.45, 7) is 7.42. The molecule has 3 heterocycles. The maximum Gasteiger partial charge on any atom is 0.166 e. The van der Waals surface area contributed by atoms with E-state index in [1.54, 1.807) is 17.8 Å². The topological polar surface area (TPSA) is 104 Å². The van der Waals surface area contributed by atoms with Crippen molar-refractivity contribution in [1.82, 2.24) is 24.5 Å². The third kappa shape index (κ3) is 4.68. The predicted octanol–water partition coefficient (Wildman–Crippen LogP) is 4.43. The average molecular weight is 448 g/mol. The molecule has 0 saturated heterocycles. The molecule has 0 aliphatic rings. The highest BCUT2D eigenvalue weighted by molar-refractivity contribution is 5.85. The molecule has 4 aromatic rings. The second-order valence-electron chi connectivity index (χ2n) is 7.81. The molecule has 3 N–H and O–H groups in total. The van der Waals surface area contributed by atoms with Crippen LogP contribution >= 0.6 is 0 Å². The number of hydrogen-bond donors (Lipinski definition) is 3. The van der Waals surface area contributed by atoms with Crippen LogP contribution in [0.3, 0.4) is 0 Å². The van der Waals surface area contributed by atoms with Gasteiger partial charge in [0.1, 0.15) is 11.3 Å². The maximum absolute atomic E-state index is 14.0. The van der Waals surface area contributed by atoms with Crippen LogP contribution in [0.1, 0.15) is 31.3 Å². The maximum atomic E-state index is 14.0. The molecular formula is C24H26FN7O. The number of hydrogen-bond acceptors (Lipinski definition) is 6. The van der Waals surface area contributed by atoms with Gasteiger partial charge in [0.05, 0.1) is 25.2 Å². The van der Waals surface area contributed by atoms with E-state index in [0.29, 0.717) is 34.9 Å². The Morgan fingerprint density at radius 1 is 1.36 bits per heavy atom. The van der Waals surface area contributed by atoms with Crippen LogP contribution in [-0.2, 0) is 6.42 Å². The first-order valence-electron chi connectivity index (χ1n) is 10.7. The van der Waals surface area contributed by atoms with E-state index < -0.39 is 5.83 Å². The van der Waals surface area contributed by atoms with E-state index >= 15 is 0 Å². The predicted molar refractivity (Wildman–Crippen MR) is 130 cm³/mol. The quantitative estimate of drug-likeness (QED) is 0.260. The molecule has 0 radical (unpaired) electrons. The fourth-order valence-electron chi connectivity index (χ4n) is 3.68. The highest BCUT2D eigenvalue weighted by Crippen LogP contribution is 2.25. The summed E-state index contributed by atoms with van der Waals surface area (Å²) in [4.78, 5) is 20.4. The summed E-state index contributed by atoms with van der Waals surface area (Å²) < 4.78 is 15.8. The standard InChI is InChI=1S/C24H26FN7O/c1-15(10-18(25)12-26-3)22-30-23(21-24(31-22)32(14-29-21)16(2)13-33)27-9-8-17-11-28-20-7-5-4-6-19(17)20/h4-7,10-12,14,16,28,33H,3,8-9,13H2,1-2H3,(H,27,30,31)/b15-10+,18-12+/t16-/m0/s1. The van der Waals surface area contributed by atoms with Crippen molar-refractivity contribution in [2.24, 2.45) is 4.99 Å². The average Bonchev–Trinajstić information content (AvgIpc) is 3.43. The highest BCUT2D eigenvalue weighted by atomic mass is 19.1. The number of aliphatic hydroxyl groups excluding tert-OH is 1. The summed E-state index contributed by atoms with van der Waals surface area (Å²) >= 11 is 0. The fraction of sp³-hybridized carbons (Fsp3) is 0.250. The second kappa shape index (κ2) is 9.74. The van der Waals surface area contributed by atoms with E-state index in [1.165, 1.54) is 17.0 Å². The van der Waals surface area contributed by atoms with Gasteiger partial charge in [-0.3, -0.25) is 4.99 Å². The molecule has 8 nitrogen and oxygen atoms in total. The molecule has 0 bridgehead atoms. The molecular weight excluding hydrogens is 421 g/mol. The number of aromatic nitrogens is 5. The molecule has 0 unspecified atom stereocenters. The van der Waals surface area contributed by atoms with Gasteiger partial charge >= 0.3 is 0 Å². The van der Waals surface area contributed by atoms with Crippen molar-refractivity contribution in [1.29, 1.82) is 0 Å². The summed E-state index contributed by atoms with van der Waals surface area (Å²) in [5.41, 5.74) is 3.98. The first-order chi connectivity index (χ1) is 16.0. The molecule has 33 heavy (non-hydrogen) atoms. The van der Waals surface area contributed by atoms with Crippen molar-refractivity contribution in [3.8, 4) is 0 Å². The minimum Gasteiger partial charge on any atom is -0.394 e. The summed E-state index contributed by atoms with van der Waals surface area (Å²) in [5.74, 6) is 0.367. The number of anilines is 1. The number of fused-ring (bicyclic) bond motifs is 2. The molecule has 0 amide bonds. The number of imidazole rings is 1. The molecule has 0 fully saturated rings. The first-order valence-corrected chi connectivity index (χ1v) is 10.7. The number of H-pyrrole nitrogens is 1. The lowest BCUT2D eigenvalue weighted by molar-refractivity contribution is 0.241. The van der Waals surface area contributed by atoms with Gasteiger partial charge in [-0.2, -0.15) is 0 Å². The summed E-state index contributed by atoms with van der Waals surface area (Å²) in [7, 11) is 0. The van der Waals surface area contributed by atoms with Gasteiger partial charge in [0.25, 0.3) is 0 Å². The number of benzene rings is 1. The Bertz CT molecular complexity index is 1350. The smallest absolute Gasteiger partial charge is 0.166 e. The third-order valence-electron chi connectivity index (χ3n) is 5.44. The molecule has 9 heteroatoms. The monoisotopic (exact) mass is 447 g/mol. The van der Waals surface area contributed by atoms with E-state index in [2.05, 4.69) is 43.0 Å². The number of para-hydroxylation sites is 1. The first kappa shape index (κ1) is 22.3. The lowest BCUT2D eigenvalue weighted by atomic mass is 10.1. The molecule has 170 valence electrons. The largest absolute Gasteiger partial charge is 0.394 e. The summed E-state index contributed by atoms with van der Waals surface area (Å²) in [6, 6.07) is 7.94. The minimum atomic E-state index is -0.544. The van der Waals surface area contributed by atoms with E-state index in [4.69, 9.17) is 0 Å². The Morgan fingerprint density at radius 3 is 2.97 bits per heavy atom. The van der Waals surface area contributed by atoms with E-state index in [1.807, 2.05) is 31.3 Å². The number of halogens is 1. The van der Waals surface area contributed by atoms with Crippen LogP contribution in [-0.4, -0.2) is 49.5 Å². The van der Waals surface area contributed by atoms with Crippen LogP contribution in [0.2, 0.25) is 0 Å². The van der Waals surface area contributed by atoms with Crippen molar-refractivity contribution >= 4 is 40.2 Å². The van der Waals surface area contributed by atoms with Crippen molar-refractivity contribution in [2.45, 2.75) is 26.3 Å². The van der Waals surface area contributed by atoms with Crippen LogP contribution in [0.5, 0.6) is 0 Å². The van der Waals surface area contributed by atoms with Gasteiger partial charge in [0, 0.05) is 23.6 Å². The molecule has 0 spiro atoms. The summed E-state index contributed by atoms with van der Waals surface area (Å²) in [6.07, 6.45) is 6.76. The van der Waals surface area contributed by atoms with E-state index in [9.17, 15) is 9.50 Å². The lowest BCUT2D eigenvalue weighted by Crippen LogP contribution is -2.11. The van der Waals surface area contributed by atoms with Crippen molar-refractivity contribution < 1.29 is 9.50 Å². The second-order valence-corrected chi connectivity index (χ2v) is 7.81. The van der Waals surface area contributed by atoms with Crippen molar-refractivity contribution in [2.75, 3.05) is 18.5 Å². The van der Waals surface area contributed by atoms with Crippen LogP contribution < -0.4 is 5.32 Å². The van der Waals surface area contributed by atoms with Gasteiger partial charge in [0.15, 0.2) is 17.3 Å². The zero-order valence-electron chi connectivity index (χ0n) is 18.6. The third-order valence-corrected chi connectivity index (χ3v) is 5.44. The lowest BCUT2D eigenvalue weighted by Gasteiger charge is -2.12. The van der Waals surface area contributed by atoms with Gasteiger partial charge < -0.3 is 20.0 Å². The van der Waals surface area contributed by atoms with Crippen LogP contribution in [0, 0.1) is 0 Å².